The summed E-state index contributed by atoms with van der Waals surface area (Å²) in [5, 5.41) is 15.0. The monoisotopic (exact) mass is 389 g/mol. The number of hydrogen-bond donors (Lipinski definition) is 4. The van der Waals surface area contributed by atoms with Crippen molar-refractivity contribution in [2.45, 2.75) is 25.7 Å². The maximum absolute atomic E-state index is 12.3. The van der Waals surface area contributed by atoms with Crippen LogP contribution in [0.1, 0.15) is 36.0 Å². The quantitative estimate of drug-likeness (QED) is 0.250. The number of nitrogens with one attached hydrogen (secondary N) is 3. The number of ether oxygens (including phenoxy) is 1. The Morgan fingerprint density at radius 1 is 1.07 bits per heavy atom. The number of esters is 1. The molecule has 0 heterocycles. The van der Waals surface area contributed by atoms with Crippen LogP contribution in [0.2, 0.25) is 0 Å². The number of hydrogen-bond acceptors (Lipinski definition) is 5. The lowest BCUT2D eigenvalue weighted by molar-refractivity contribution is -0.140. The molecule has 144 valence electrons. The highest BCUT2D eigenvalue weighted by Gasteiger charge is 2.12. The van der Waals surface area contributed by atoms with Crippen LogP contribution in [0.5, 0.6) is 5.75 Å². The zero-order valence-corrected chi connectivity index (χ0v) is 15.9. The summed E-state index contributed by atoms with van der Waals surface area (Å²) >= 11 is 5.10. The predicted octanol–water partition coefficient (Wildman–Crippen LogP) is 2.39. The summed E-state index contributed by atoms with van der Waals surface area (Å²) < 4.78 is 4.57. The minimum absolute atomic E-state index is 0.0996. The standard InChI is InChI=1S/C19H23N3O4S/c1-26-17(24)9-3-2-6-10-20-19(27)22-21-18(25)15-11-13-7-4-5-8-14(13)12-16(15)23/h4-5,7-8,11-12,23H,2-3,6,9-10H2,1H3,(H,21,25)(H2,20,22,27). The SMILES string of the molecule is COC(=O)CCCCCNC(=S)NNC(=O)c1cc2ccccc2cc1O. The molecule has 2 aromatic carbocycles. The largest absolute Gasteiger partial charge is 0.507 e. The molecule has 4 N–H and O–H groups in total. The maximum Gasteiger partial charge on any atom is 0.305 e. The number of phenols is 1. The summed E-state index contributed by atoms with van der Waals surface area (Å²) in [6.45, 7) is 0.615. The van der Waals surface area contributed by atoms with Gasteiger partial charge in [-0.2, -0.15) is 0 Å². The number of benzene rings is 2. The van der Waals surface area contributed by atoms with Crippen LogP contribution in [0.4, 0.5) is 0 Å². The normalized spacial score (nSPS) is 10.3. The number of phenolic OH excluding ortho intramolecular Hbond substituents is 1. The second-order valence-corrected chi connectivity index (χ2v) is 6.35. The number of carbonyl (C=O) groups is 2. The number of amides is 1. The number of aromatic hydroxyl groups is 1. The highest BCUT2D eigenvalue weighted by molar-refractivity contribution is 7.80. The topological polar surface area (TPSA) is 99.7 Å². The molecule has 0 bridgehead atoms. The van der Waals surface area contributed by atoms with Crippen molar-refractivity contribution in [2.75, 3.05) is 13.7 Å². The number of hydrazine groups is 1. The Morgan fingerprint density at radius 2 is 1.78 bits per heavy atom. The van der Waals surface area contributed by atoms with E-state index in [1.807, 2.05) is 24.3 Å². The lowest BCUT2D eigenvalue weighted by Gasteiger charge is -2.12. The Hall–Kier alpha value is -2.87. The molecule has 0 unspecified atom stereocenters. The molecule has 0 fully saturated rings. The van der Waals surface area contributed by atoms with Gasteiger partial charge < -0.3 is 15.2 Å². The molecular weight excluding hydrogens is 366 g/mol. The maximum atomic E-state index is 12.3. The first-order valence-electron chi connectivity index (χ1n) is 8.64. The zero-order valence-electron chi connectivity index (χ0n) is 15.1. The van der Waals surface area contributed by atoms with Gasteiger partial charge in [0.15, 0.2) is 5.11 Å². The molecule has 0 saturated carbocycles. The van der Waals surface area contributed by atoms with Gasteiger partial charge in [-0.25, -0.2) is 0 Å². The van der Waals surface area contributed by atoms with Gasteiger partial charge in [-0.1, -0.05) is 30.7 Å². The Bertz CT molecular complexity index is 826. The third-order valence-electron chi connectivity index (χ3n) is 3.97. The van der Waals surface area contributed by atoms with Crippen molar-refractivity contribution in [1.82, 2.24) is 16.2 Å². The first-order chi connectivity index (χ1) is 13.0. The molecule has 27 heavy (non-hydrogen) atoms. The molecule has 0 aliphatic carbocycles. The molecule has 0 atom stereocenters. The van der Waals surface area contributed by atoms with Gasteiger partial charge in [-0.3, -0.25) is 20.4 Å². The van der Waals surface area contributed by atoms with Gasteiger partial charge in [-0.05, 0) is 48.0 Å². The van der Waals surface area contributed by atoms with Crippen LogP contribution in [0.3, 0.4) is 0 Å². The first-order valence-corrected chi connectivity index (χ1v) is 9.05. The van der Waals surface area contributed by atoms with Gasteiger partial charge in [0.05, 0.1) is 12.7 Å². The lowest BCUT2D eigenvalue weighted by atomic mass is 10.1. The van der Waals surface area contributed by atoms with Crippen molar-refractivity contribution >= 4 is 40.0 Å². The van der Waals surface area contributed by atoms with Crippen LogP contribution in [0, 0.1) is 0 Å². The van der Waals surface area contributed by atoms with Crippen molar-refractivity contribution < 1.29 is 19.4 Å². The molecule has 7 nitrogen and oxygen atoms in total. The predicted molar refractivity (Wildman–Crippen MR) is 107 cm³/mol. The van der Waals surface area contributed by atoms with Gasteiger partial charge in [-0.15, -0.1) is 0 Å². The van der Waals surface area contributed by atoms with E-state index in [-0.39, 0.29) is 22.4 Å². The van der Waals surface area contributed by atoms with E-state index in [2.05, 4.69) is 20.9 Å². The third-order valence-corrected chi connectivity index (χ3v) is 4.22. The number of fused-ring (bicyclic) bond motifs is 1. The van der Waals surface area contributed by atoms with E-state index >= 15 is 0 Å². The van der Waals surface area contributed by atoms with E-state index in [0.29, 0.717) is 13.0 Å². The zero-order chi connectivity index (χ0) is 19.6. The summed E-state index contributed by atoms with van der Waals surface area (Å²) in [5.41, 5.74) is 5.23. The van der Waals surface area contributed by atoms with Crippen molar-refractivity contribution in [1.29, 1.82) is 0 Å². The molecule has 8 heteroatoms. The fourth-order valence-corrected chi connectivity index (χ4v) is 2.66. The number of carbonyl (C=O) groups excluding carboxylic acids is 2. The molecule has 0 spiro atoms. The van der Waals surface area contributed by atoms with Crippen LogP contribution in [-0.4, -0.2) is 35.8 Å². The summed E-state index contributed by atoms with van der Waals surface area (Å²) in [6.07, 6.45) is 2.86. The Morgan fingerprint density at radius 3 is 2.48 bits per heavy atom. The average Bonchev–Trinajstić information content (AvgIpc) is 2.67. The smallest absolute Gasteiger partial charge is 0.305 e. The van der Waals surface area contributed by atoms with Gasteiger partial charge in [0.25, 0.3) is 5.91 Å². The minimum Gasteiger partial charge on any atom is -0.507 e. The molecular formula is C19H23N3O4S. The second-order valence-electron chi connectivity index (χ2n) is 5.94. The third kappa shape index (κ3) is 6.41. The van der Waals surface area contributed by atoms with Gasteiger partial charge in [0, 0.05) is 13.0 Å². The number of methoxy groups -OCH3 is 1. The van der Waals surface area contributed by atoms with Crippen LogP contribution < -0.4 is 16.2 Å². The minimum atomic E-state index is -0.486. The van der Waals surface area contributed by atoms with E-state index in [9.17, 15) is 14.7 Å². The van der Waals surface area contributed by atoms with Crippen molar-refractivity contribution in [3.63, 3.8) is 0 Å². The molecule has 0 aromatic heterocycles. The van der Waals surface area contributed by atoms with E-state index in [0.717, 1.165) is 30.0 Å². The second kappa shape index (κ2) is 10.3. The molecule has 2 aromatic rings. The highest BCUT2D eigenvalue weighted by Crippen LogP contribution is 2.24. The summed E-state index contributed by atoms with van der Waals surface area (Å²) in [4.78, 5) is 23.2. The number of thiocarbonyl (C=S) groups is 1. The van der Waals surface area contributed by atoms with Crippen LogP contribution >= 0.6 is 12.2 Å². The fraction of sp³-hybridized carbons (Fsp3) is 0.316. The van der Waals surface area contributed by atoms with Crippen LogP contribution in [0.25, 0.3) is 10.8 Å². The van der Waals surface area contributed by atoms with E-state index in [1.54, 1.807) is 12.1 Å². The average molecular weight is 389 g/mol. The first kappa shape index (κ1) is 20.4. The van der Waals surface area contributed by atoms with E-state index in [1.165, 1.54) is 7.11 Å². The Kier molecular flexibility index (Phi) is 7.81. The molecule has 0 aliphatic rings. The summed E-state index contributed by atoms with van der Waals surface area (Å²) in [5.74, 6) is -0.794. The lowest BCUT2D eigenvalue weighted by Crippen LogP contribution is -2.47. The van der Waals surface area contributed by atoms with Crippen LogP contribution in [-0.2, 0) is 9.53 Å². The molecule has 0 radical (unpaired) electrons. The van der Waals surface area contributed by atoms with Gasteiger partial charge in [0.1, 0.15) is 5.75 Å². The molecule has 1 amide bonds. The van der Waals surface area contributed by atoms with E-state index < -0.39 is 5.91 Å². The summed E-state index contributed by atoms with van der Waals surface area (Å²) in [7, 11) is 1.37. The highest BCUT2D eigenvalue weighted by atomic mass is 32.1. The number of unbranched alkanes of at least 4 members (excludes halogenated alkanes) is 2. The van der Waals surface area contributed by atoms with Gasteiger partial charge >= 0.3 is 5.97 Å². The van der Waals surface area contributed by atoms with Crippen LogP contribution in [0.15, 0.2) is 36.4 Å². The summed E-state index contributed by atoms with van der Waals surface area (Å²) in [6, 6.07) is 10.6. The molecule has 2 rings (SSSR count). The Labute approximate surface area is 163 Å². The Balaban J connectivity index is 1.73. The number of rotatable bonds is 7. The molecule has 0 saturated heterocycles. The van der Waals surface area contributed by atoms with Gasteiger partial charge in [0.2, 0.25) is 0 Å². The van der Waals surface area contributed by atoms with E-state index in [4.69, 9.17) is 12.2 Å². The van der Waals surface area contributed by atoms with Crippen molar-refractivity contribution in [3.8, 4) is 5.75 Å². The van der Waals surface area contributed by atoms with Crippen molar-refractivity contribution in [3.05, 3.63) is 42.0 Å². The molecule has 0 aliphatic heterocycles. The van der Waals surface area contributed by atoms with Crippen molar-refractivity contribution in [2.24, 2.45) is 0 Å². The fourth-order valence-electron chi connectivity index (χ4n) is 2.51.